The molecule has 2 aromatic heterocycles. The lowest BCUT2D eigenvalue weighted by atomic mass is 9.92. The lowest BCUT2D eigenvalue weighted by Gasteiger charge is -2.22. The molecule has 0 unspecified atom stereocenters. The maximum absolute atomic E-state index is 4.90. The Labute approximate surface area is 178 Å². The highest BCUT2D eigenvalue weighted by atomic mass is 15.0. The lowest BCUT2D eigenvalue weighted by Crippen LogP contribution is -2.27. The van der Waals surface area contributed by atoms with Gasteiger partial charge >= 0.3 is 0 Å². The van der Waals surface area contributed by atoms with Crippen molar-refractivity contribution in [1.82, 2.24) is 19.9 Å². The average Bonchev–Trinajstić information content (AvgIpc) is 3.36. The first-order valence-electron chi connectivity index (χ1n) is 11.4. The van der Waals surface area contributed by atoms with E-state index in [2.05, 4.69) is 71.3 Å². The summed E-state index contributed by atoms with van der Waals surface area (Å²) in [7, 11) is 0. The van der Waals surface area contributed by atoms with Crippen LogP contribution in [0.2, 0.25) is 0 Å². The summed E-state index contributed by atoms with van der Waals surface area (Å²) in [4.78, 5) is 8.43. The number of aryl methyl sites for hydroxylation is 3. The van der Waals surface area contributed by atoms with E-state index in [4.69, 9.17) is 4.98 Å². The monoisotopic (exact) mass is 400 g/mol. The molecule has 0 bridgehead atoms. The molecule has 1 saturated heterocycles. The van der Waals surface area contributed by atoms with Crippen molar-refractivity contribution in [2.24, 2.45) is 5.92 Å². The summed E-state index contributed by atoms with van der Waals surface area (Å²) in [5, 5.41) is 4.77. The van der Waals surface area contributed by atoms with E-state index in [-0.39, 0.29) is 0 Å². The third kappa shape index (κ3) is 3.89. The molecule has 1 aliphatic rings. The van der Waals surface area contributed by atoms with E-state index in [1.54, 1.807) is 0 Å². The molecule has 2 N–H and O–H groups in total. The van der Waals surface area contributed by atoms with Crippen LogP contribution in [0.15, 0.2) is 42.6 Å². The van der Waals surface area contributed by atoms with E-state index >= 15 is 0 Å². The van der Waals surface area contributed by atoms with Gasteiger partial charge < -0.3 is 14.9 Å². The molecule has 2 aromatic carbocycles. The number of unbranched alkanes of at least 4 members (excludes halogenated alkanes) is 1. The van der Waals surface area contributed by atoms with Crippen LogP contribution < -0.4 is 5.32 Å². The highest BCUT2D eigenvalue weighted by Crippen LogP contribution is 2.27. The van der Waals surface area contributed by atoms with Crippen molar-refractivity contribution in [2.75, 3.05) is 13.1 Å². The Balaban J connectivity index is 1.33. The number of imidazole rings is 1. The molecule has 5 rings (SSSR count). The van der Waals surface area contributed by atoms with Crippen molar-refractivity contribution in [2.45, 2.75) is 52.5 Å². The Morgan fingerprint density at radius 2 is 1.90 bits per heavy atom. The first-order chi connectivity index (χ1) is 14.7. The van der Waals surface area contributed by atoms with Crippen LogP contribution in [0.3, 0.4) is 0 Å². The zero-order chi connectivity index (χ0) is 20.5. The molecule has 0 atom stereocenters. The third-order valence-electron chi connectivity index (χ3n) is 6.69. The number of fused-ring (bicyclic) bond motifs is 2. The predicted molar refractivity (Wildman–Crippen MR) is 126 cm³/mol. The predicted octanol–water partition coefficient (Wildman–Crippen LogP) is 5.97. The van der Waals surface area contributed by atoms with Gasteiger partial charge in [-0.3, -0.25) is 0 Å². The fraction of sp³-hybridized carbons (Fsp3) is 0.423. The van der Waals surface area contributed by atoms with Crippen molar-refractivity contribution in [1.29, 1.82) is 0 Å². The van der Waals surface area contributed by atoms with E-state index in [1.165, 1.54) is 67.2 Å². The minimum Gasteiger partial charge on any atom is -0.347 e. The molecule has 0 aliphatic carbocycles. The van der Waals surface area contributed by atoms with Crippen LogP contribution in [0.4, 0.5) is 0 Å². The quantitative estimate of drug-likeness (QED) is 0.392. The number of hydrogen-bond donors (Lipinski definition) is 2. The van der Waals surface area contributed by atoms with E-state index < -0.39 is 0 Å². The molecule has 4 aromatic rings. The smallest absolute Gasteiger partial charge is 0.138 e. The number of H-pyrrole nitrogens is 1. The van der Waals surface area contributed by atoms with Crippen LogP contribution >= 0.6 is 0 Å². The summed E-state index contributed by atoms with van der Waals surface area (Å²) < 4.78 is 2.42. The second kappa shape index (κ2) is 8.27. The lowest BCUT2D eigenvalue weighted by molar-refractivity contribution is 0.341. The van der Waals surface area contributed by atoms with Gasteiger partial charge in [0.1, 0.15) is 5.82 Å². The second-order valence-electron chi connectivity index (χ2n) is 9.04. The summed E-state index contributed by atoms with van der Waals surface area (Å²) in [6.45, 7) is 7.78. The Bertz CT molecular complexity index is 1160. The van der Waals surface area contributed by atoms with Crippen molar-refractivity contribution in [3.8, 4) is 11.4 Å². The largest absolute Gasteiger partial charge is 0.347 e. The van der Waals surface area contributed by atoms with Gasteiger partial charge in [-0.05, 0) is 86.8 Å². The molecule has 0 spiro atoms. The van der Waals surface area contributed by atoms with E-state index in [0.29, 0.717) is 0 Å². The first-order valence-corrected chi connectivity index (χ1v) is 11.4. The highest BCUT2D eigenvalue weighted by Gasteiger charge is 2.13. The van der Waals surface area contributed by atoms with E-state index in [0.717, 1.165) is 34.9 Å². The zero-order valence-corrected chi connectivity index (χ0v) is 18.2. The number of nitrogens with one attached hydrogen (secondary N) is 2. The maximum Gasteiger partial charge on any atom is 0.138 e. The third-order valence-corrected chi connectivity index (χ3v) is 6.69. The number of piperidine rings is 1. The normalized spacial score (nSPS) is 15.4. The van der Waals surface area contributed by atoms with Crippen molar-refractivity contribution in [3.63, 3.8) is 0 Å². The van der Waals surface area contributed by atoms with Gasteiger partial charge in [-0.2, -0.15) is 0 Å². The fourth-order valence-electron chi connectivity index (χ4n) is 5.02. The molecular formula is C26H32N4. The summed E-state index contributed by atoms with van der Waals surface area (Å²) in [5.74, 6) is 1.89. The van der Waals surface area contributed by atoms with Gasteiger partial charge in [-0.1, -0.05) is 31.0 Å². The Kier molecular flexibility index (Phi) is 5.34. The van der Waals surface area contributed by atoms with Crippen LogP contribution in [0.25, 0.3) is 33.3 Å². The van der Waals surface area contributed by atoms with Crippen molar-refractivity contribution in [3.05, 3.63) is 53.7 Å². The van der Waals surface area contributed by atoms with Gasteiger partial charge in [0.15, 0.2) is 0 Å². The van der Waals surface area contributed by atoms with Crippen LogP contribution in [0.5, 0.6) is 0 Å². The number of nitrogens with zero attached hydrogens (tertiary/aromatic N) is 2. The molecule has 4 nitrogen and oxygen atoms in total. The molecule has 156 valence electrons. The van der Waals surface area contributed by atoms with Gasteiger partial charge in [0.05, 0.1) is 11.0 Å². The minimum absolute atomic E-state index is 0.930. The number of aromatic nitrogens is 3. The first kappa shape index (κ1) is 19.4. The van der Waals surface area contributed by atoms with Crippen molar-refractivity contribution < 1.29 is 0 Å². The topological polar surface area (TPSA) is 45.6 Å². The molecule has 30 heavy (non-hydrogen) atoms. The maximum atomic E-state index is 4.90. The van der Waals surface area contributed by atoms with Gasteiger partial charge in [-0.15, -0.1) is 0 Å². The Hall–Kier alpha value is -2.59. The Morgan fingerprint density at radius 1 is 1.03 bits per heavy atom. The number of hydrogen-bond acceptors (Lipinski definition) is 2. The summed E-state index contributed by atoms with van der Waals surface area (Å²) in [6.07, 6.45) is 8.90. The van der Waals surface area contributed by atoms with Crippen LogP contribution in [-0.4, -0.2) is 27.6 Å². The van der Waals surface area contributed by atoms with Crippen LogP contribution in [0, 0.1) is 19.8 Å². The average molecular weight is 401 g/mol. The molecule has 3 heterocycles. The highest BCUT2D eigenvalue weighted by molar-refractivity contribution is 5.87. The molecular weight excluding hydrogens is 368 g/mol. The summed E-state index contributed by atoms with van der Waals surface area (Å²) in [6, 6.07) is 13.3. The van der Waals surface area contributed by atoms with Crippen molar-refractivity contribution >= 4 is 21.9 Å². The van der Waals surface area contributed by atoms with Gasteiger partial charge in [-0.25, -0.2) is 4.98 Å². The van der Waals surface area contributed by atoms with Gasteiger partial charge in [0.25, 0.3) is 0 Å². The van der Waals surface area contributed by atoms with Gasteiger partial charge in [0, 0.05) is 23.8 Å². The SMILES string of the molecule is Cc1cc(C)c2nc(-c3ccc4ccn(CCCCC5CCNCC5)c4c3)[nH]c2c1. The molecule has 1 aliphatic heterocycles. The fourth-order valence-corrected chi connectivity index (χ4v) is 5.02. The van der Waals surface area contributed by atoms with E-state index in [9.17, 15) is 0 Å². The second-order valence-corrected chi connectivity index (χ2v) is 9.04. The van der Waals surface area contributed by atoms with Crippen LogP contribution in [-0.2, 0) is 6.54 Å². The zero-order valence-electron chi connectivity index (χ0n) is 18.2. The molecule has 4 heteroatoms. The molecule has 0 amide bonds. The minimum atomic E-state index is 0.930. The van der Waals surface area contributed by atoms with Crippen LogP contribution in [0.1, 0.15) is 43.2 Å². The number of benzene rings is 2. The van der Waals surface area contributed by atoms with Gasteiger partial charge in [0.2, 0.25) is 0 Å². The summed E-state index contributed by atoms with van der Waals surface area (Å²) in [5.41, 5.74) is 7.16. The molecule has 0 radical (unpaired) electrons. The standard InChI is InChI=1S/C26H32N4/c1-18-15-19(2)25-23(16-18)28-26(29-25)22-7-6-21-10-14-30(24(21)17-22)13-4-3-5-20-8-11-27-12-9-20/h6-7,10,14-17,20,27H,3-5,8-9,11-13H2,1-2H3,(H,28,29). The number of aromatic amines is 1. The molecule has 1 fully saturated rings. The Morgan fingerprint density at radius 3 is 2.77 bits per heavy atom. The molecule has 0 saturated carbocycles. The van der Waals surface area contributed by atoms with E-state index in [1.807, 2.05) is 0 Å². The number of rotatable bonds is 6. The summed E-state index contributed by atoms with van der Waals surface area (Å²) >= 11 is 0.